The molecule has 2 heterocycles. The zero-order valence-corrected chi connectivity index (χ0v) is 12.8. The summed E-state index contributed by atoms with van der Waals surface area (Å²) in [5.41, 5.74) is 1.62. The first kappa shape index (κ1) is 14.7. The first-order valence-electron chi connectivity index (χ1n) is 6.03. The third-order valence-electron chi connectivity index (χ3n) is 2.66. The number of thiazole rings is 1. The van der Waals surface area contributed by atoms with Crippen LogP contribution in [0.25, 0.3) is 0 Å². The van der Waals surface area contributed by atoms with Gasteiger partial charge in [0.05, 0.1) is 24.1 Å². The topological polar surface area (TPSA) is 68.3 Å². The molecule has 0 unspecified atom stereocenters. The number of carbonyl (C=O) groups is 2. The summed E-state index contributed by atoms with van der Waals surface area (Å²) in [4.78, 5) is 28.2. The SMILES string of the molecule is CCc1ccsc1C(=O)Nc1nc(CC(=O)OC)cs1. The van der Waals surface area contributed by atoms with Crippen LogP contribution in [0.1, 0.15) is 27.9 Å². The minimum Gasteiger partial charge on any atom is -0.469 e. The van der Waals surface area contributed by atoms with E-state index in [9.17, 15) is 9.59 Å². The molecular weight excluding hydrogens is 296 g/mol. The summed E-state index contributed by atoms with van der Waals surface area (Å²) in [6.45, 7) is 2.01. The molecule has 1 amide bonds. The summed E-state index contributed by atoms with van der Waals surface area (Å²) in [5, 5.41) is 6.89. The minimum atomic E-state index is -0.347. The molecule has 2 aromatic rings. The molecule has 1 N–H and O–H groups in total. The number of methoxy groups -OCH3 is 1. The summed E-state index contributed by atoms with van der Waals surface area (Å²) in [7, 11) is 1.33. The van der Waals surface area contributed by atoms with Crippen molar-refractivity contribution in [3.63, 3.8) is 0 Å². The highest BCUT2D eigenvalue weighted by Gasteiger charge is 2.14. The van der Waals surface area contributed by atoms with E-state index in [2.05, 4.69) is 15.0 Å². The largest absolute Gasteiger partial charge is 0.469 e. The van der Waals surface area contributed by atoms with E-state index >= 15 is 0 Å². The fraction of sp³-hybridized carbons (Fsp3) is 0.308. The molecule has 7 heteroatoms. The molecule has 20 heavy (non-hydrogen) atoms. The van der Waals surface area contributed by atoms with Gasteiger partial charge in [-0.2, -0.15) is 0 Å². The highest BCUT2D eigenvalue weighted by Crippen LogP contribution is 2.21. The van der Waals surface area contributed by atoms with Gasteiger partial charge in [-0.3, -0.25) is 14.9 Å². The van der Waals surface area contributed by atoms with Crippen molar-refractivity contribution in [1.29, 1.82) is 0 Å². The Bertz CT molecular complexity index is 619. The number of hydrogen-bond donors (Lipinski definition) is 1. The van der Waals surface area contributed by atoms with Crippen LogP contribution in [0.2, 0.25) is 0 Å². The Morgan fingerprint density at radius 1 is 1.40 bits per heavy atom. The molecule has 0 spiro atoms. The smallest absolute Gasteiger partial charge is 0.311 e. The molecule has 0 radical (unpaired) electrons. The number of aromatic nitrogens is 1. The number of ether oxygens (including phenoxy) is 1. The molecule has 2 rings (SSSR count). The highest BCUT2D eigenvalue weighted by molar-refractivity contribution is 7.14. The van der Waals surface area contributed by atoms with Gasteiger partial charge in [0.2, 0.25) is 0 Å². The monoisotopic (exact) mass is 310 g/mol. The van der Waals surface area contributed by atoms with Gasteiger partial charge >= 0.3 is 5.97 Å². The van der Waals surface area contributed by atoms with Gasteiger partial charge in [-0.05, 0) is 23.4 Å². The fourth-order valence-electron chi connectivity index (χ4n) is 1.63. The van der Waals surface area contributed by atoms with Gasteiger partial charge in [0.25, 0.3) is 5.91 Å². The van der Waals surface area contributed by atoms with Gasteiger partial charge in [-0.25, -0.2) is 4.98 Å². The van der Waals surface area contributed by atoms with E-state index in [-0.39, 0.29) is 18.3 Å². The van der Waals surface area contributed by atoms with Crippen LogP contribution in [0.15, 0.2) is 16.8 Å². The van der Waals surface area contributed by atoms with E-state index in [1.54, 1.807) is 5.38 Å². The van der Waals surface area contributed by atoms with E-state index < -0.39 is 0 Å². The molecule has 0 aliphatic rings. The van der Waals surface area contributed by atoms with Crippen LogP contribution < -0.4 is 5.32 Å². The minimum absolute atomic E-state index is 0.113. The molecule has 0 fully saturated rings. The van der Waals surface area contributed by atoms with Crippen molar-refractivity contribution in [1.82, 2.24) is 4.98 Å². The Labute approximate surface area is 124 Å². The van der Waals surface area contributed by atoms with Crippen LogP contribution in [-0.4, -0.2) is 24.0 Å². The number of carbonyl (C=O) groups excluding carboxylic acids is 2. The average molecular weight is 310 g/mol. The molecule has 0 atom stereocenters. The highest BCUT2D eigenvalue weighted by atomic mass is 32.1. The summed E-state index contributed by atoms with van der Waals surface area (Å²) in [5.74, 6) is -0.504. The Morgan fingerprint density at radius 2 is 2.20 bits per heavy atom. The second-order valence-corrected chi connectivity index (χ2v) is 5.75. The van der Waals surface area contributed by atoms with Crippen LogP contribution in [0.3, 0.4) is 0 Å². The number of amides is 1. The van der Waals surface area contributed by atoms with Gasteiger partial charge in [0, 0.05) is 5.38 Å². The molecule has 5 nitrogen and oxygen atoms in total. The number of nitrogens with zero attached hydrogens (tertiary/aromatic N) is 1. The lowest BCUT2D eigenvalue weighted by Gasteiger charge is -2.01. The maximum Gasteiger partial charge on any atom is 0.311 e. The van der Waals surface area contributed by atoms with Crippen LogP contribution in [0.5, 0.6) is 0 Å². The van der Waals surface area contributed by atoms with Gasteiger partial charge in [-0.1, -0.05) is 6.92 Å². The Morgan fingerprint density at radius 3 is 2.90 bits per heavy atom. The van der Waals surface area contributed by atoms with E-state index in [4.69, 9.17) is 0 Å². The zero-order chi connectivity index (χ0) is 14.5. The summed E-state index contributed by atoms with van der Waals surface area (Å²) in [6.07, 6.45) is 0.930. The first-order valence-corrected chi connectivity index (χ1v) is 7.79. The molecule has 0 aliphatic carbocycles. The predicted molar refractivity (Wildman–Crippen MR) is 79.5 cm³/mol. The number of anilines is 1. The van der Waals surface area contributed by atoms with E-state index in [0.717, 1.165) is 12.0 Å². The second-order valence-electron chi connectivity index (χ2n) is 3.98. The van der Waals surface area contributed by atoms with E-state index in [1.807, 2.05) is 18.4 Å². The fourth-order valence-corrected chi connectivity index (χ4v) is 3.23. The number of rotatable bonds is 5. The van der Waals surface area contributed by atoms with Crippen molar-refractivity contribution in [2.75, 3.05) is 12.4 Å². The average Bonchev–Trinajstić information content (AvgIpc) is 3.07. The summed E-state index contributed by atoms with van der Waals surface area (Å²) < 4.78 is 4.57. The van der Waals surface area contributed by atoms with E-state index in [1.165, 1.54) is 29.8 Å². The van der Waals surface area contributed by atoms with Crippen molar-refractivity contribution in [2.45, 2.75) is 19.8 Å². The van der Waals surface area contributed by atoms with Gasteiger partial charge in [0.15, 0.2) is 5.13 Å². The molecular formula is C13H14N2O3S2. The molecule has 2 aromatic heterocycles. The number of esters is 1. The summed E-state index contributed by atoms with van der Waals surface area (Å²) >= 11 is 2.71. The third kappa shape index (κ3) is 3.43. The lowest BCUT2D eigenvalue weighted by Crippen LogP contribution is -2.12. The lowest BCUT2D eigenvalue weighted by molar-refractivity contribution is -0.139. The van der Waals surface area contributed by atoms with Crippen molar-refractivity contribution in [3.8, 4) is 0 Å². The molecule has 0 saturated heterocycles. The van der Waals surface area contributed by atoms with Crippen molar-refractivity contribution in [3.05, 3.63) is 33.0 Å². The Hall–Kier alpha value is -1.73. The van der Waals surface area contributed by atoms with Crippen LogP contribution in [0, 0.1) is 0 Å². The van der Waals surface area contributed by atoms with Gasteiger partial charge < -0.3 is 4.74 Å². The molecule has 0 bridgehead atoms. The number of aryl methyl sites for hydroxylation is 1. The van der Waals surface area contributed by atoms with E-state index in [0.29, 0.717) is 15.7 Å². The first-order chi connectivity index (χ1) is 9.63. The predicted octanol–water partition coefficient (Wildman–Crippen LogP) is 2.73. The maximum absolute atomic E-state index is 12.1. The number of hydrogen-bond acceptors (Lipinski definition) is 6. The molecule has 0 saturated carbocycles. The van der Waals surface area contributed by atoms with Gasteiger partial charge in [-0.15, -0.1) is 22.7 Å². The third-order valence-corrected chi connectivity index (χ3v) is 4.42. The van der Waals surface area contributed by atoms with Crippen LogP contribution in [-0.2, 0) is 22.4 Å². The van der Waals surface area contributed by atoms with Crippen molar-refractivity contribution in [2.24, 2.45) is 0 Å². The summed E-state index contributed by atoms with van der Waals surface area (Å²) in [6, 6.07) is 1.95. The molecule has 0 aromatic carbocycles. The quantitative estimate of drug-likeness (QED) is 0.862. The van der Waals surface area contributed by atoms with Crippen LogP contribution >= 0.6 is 22.7 Å². The second kappa shape index (κ2) is 6.62. The Kier molecular flexibility index (Phi) is 4.86. The van der Waals surface area contributed by atoms with Crippen molar-refractivity contribution >= 4 is 39.7 Å². The van der Waals surface area contributed by atoms with Gasteiger partial charge in [0.1, 0.15) is 0 Å². The maximum atomic E-state index is 12.1. The van der Waals surface area contributed by atoms with Crippen LogP contribution in [0.4, 0.5) is 5.13 Å². The van der Waals surface area contributed by atoms with Crippen molar-refractivity contribution < 1.29 is 14.3 Å². The molecule has 106 valence electrons. The lowest BCUT2D eigenvalue weighted by atomic mass is 10.2. The Balaban J connectivity index is 2.03. The molecule has 0 aliphatic heterocycles. The zero-order valence-electron chi connectivity index (χ0n) is 11.1. The number of thiophene rings is 1. The number of nitrogens with one attached hydrogen (secondary N) is 1. The normalized spacial score (nSPS) is 10.3. The standard InChI is InChI=1S/C13H14N2O3S2/c1-3-8-4-5-19-11(8)12(17)15-13-14-9(7-20-13)6-10(16)18-2/h4-5,7H,3,6H2,1-2H3,(H,14,15,17).